The Hall–Kier alpha value is -2.18. The first kappa shape index (κ1) is 18.6. The van der Waals surface area contributed by atoms with E-state index in [2.05, 4.69) is 33.6 Å². The molecule has 1 aromatic heterocycles. The minimum absolute atomic E-state index is 0.0286. The van der Waals surface area contributed by atoms with E-state index in [0.29, 0.717) is 18.8 Å². The van der Waals surface area contributed by atoms with E-state index in [1.54, 1.807) is 11.8 Å². The predicted octanol–water partition coefficient (Wildman–Crippen LogP) is 4.22. The zero-order valence-corrected chi connectivity index (χ0v) is 16.1. The minimum Gasteiger partial charge on any atom is -0.355 e. The molecule has 0 radical (unpaired) electrons. The standard InChI is InChI=1S/C20H21N3OS2/c1-2-13-23-18-11-7-6-10-17(18)22-20(23)26-15-19(24)21-12-14-25-16-8-4-3-5-9-16/h2-11H,1,12-15H2,(H,21,24). The number of rotatable bonds is 9. The average Bonchev–Trinajstić information content (AvgIpc) is 3.02. The van der Waals surface area contributed by atoms with Crippen LogP contribution in [0.15, 0.2) is 77.3 Å². The Labute approximate surface area is 162 Å². The summed E-state index contributed by atoms with van der Waals surface area (Å²) in [5.41, 5.74) is 2.01. The number of nitrogens with one attached hydrogen (secondary N) is 1. The van der Waals surface area contributed by atoms with Crippen LogP contribution in [0.3, 0.4) is 0 Å². The van der Waals surface area contributed by atoms with Gasteiger partial charge in [-0.05, 0) is 24.3 Å². The van der Waals surface area contributed by atoms with Crippen LogP contribution in [0.5, 0.6) is 0 Å². The van der Waals surface area contributed by atoms with Crippen LogP contribution in [0.1, 0.15) is 0 Å². The molecule has 6 heteroatoms. The van der Waals surface area contributed by atoms with Crippen LogP contribution in [0.4, 0.5) is 0 Å². The summed E-state index contributed by atoms with van der Waals surface area (Å²) in [6.45, 7) is 5.15. The molecule has 4 nitrogen and oxygen atoms in total. The molecule has 1 heterocycles. The van der Waals surface area contributed by atoms with Crippen molar-refractivity contribution in [1.82, 2.24) is 14.9 Å². The maximum absolute atomic E-state index is 12.1. The van der Waals surface area contributed by atoms with Crippen molar-refractivity contribution in [3.8, 4) is 0 Å². The van der Waals surface area contributed by atoms with Crippen molar-refractivity contribution in [3.05, 3.63) is 67.3 Å². The Morgan fingerprint density at radius 1 is 1.12 bits per heavy atom. The molecule has 1 amide bonds. The lowest BCUT2D eigenvalue weighted by atomic mass is 10.3. The Bertz CT molecular complexity index is 877. The van der Waals surface area contributed by atoms with Gasteiger partial charge in [0.25, 0.3) is 0 Å². The van der Waals surface area contributed by atoms with Gasteiger partial charge in [-0.1, -0.05) is 48.2 Å². The topological polar surface area (TPSA) is 46.9 Å². The molecule has 0 atom stereocenters. The third kappa shape index (κ3) is 4.93. The van der Waals surface area contributed by atoms with Crippen molar-refractivity contribution in [3.63, 3.8) is 0 Å². The summed E-state index contributed by atoms with van der Waals surface area (Å²) in [7, 11) is 0. The summed E-state index contributed by atoms with van der Waals surface area (Å²) in [5.74, 6) is 1.24. The normalized spacial score (nSPS) is 10.8. The highest BCUT2D eigenvalue weighted by molar-refractivity contribution is 7.99. The Morgan fingerprint density at radius 3 is 2.69 bits per heavy atom. The Morgan fingerprint density at radius 2 is 1.88 bits per heavy atom. The summed E-state index contributed by atoms with van der Waals surface area (Å²) in [6.07, 6.45) is 1.85. The monoisotopic (exact) mass is 383 g/mol. The van der Waals surface area contributed by atoms with Gasteiger partial charge in [-0.15, -0.1) is 18.3 Å². The fourth-order valence-electron chi connectivity index (χ4n) is 2.53. The van der Waals surface area contributed by atoms with Gasteiger partial charge in [0.05, 0.1) is 16.8 Å². The van der Waals surface area contributed by atoms with Gasteiger partial charge in [-0.2, -0.15) is 0 Å². The van der Waals surface area contributed by atoms with E-state index in [1.807, 2.05) is 48.5 Å². The van der Waals surface area contributed by atoms with Crippen LogP contribution in [0.25, 0.3) is 11.0 Å². The van der Waals surface area contributed by atoms with Gasteiger partial charge in [0, 0.05) is 23.7 Å². The average molecular weight is 384 g/mol. The molecule has 0 saturated heterocycles. The van der Waals surface area contributed by atoms with Crippen molar-refractivity contribution >= 4 is 40.5 Å². The van der Waals surface area contributed by atoms with E-state index in [4.69, 9.17) is 0 Å². The molecular formula is C20H21N3OS2. The second-order valence-electron chi connectivity index (χ2n) is 5.58. The maximum atomic E-state index is 12.1. The summed E-state index contributed by atoms with van der Waals surface area (Å²) in [5, 5.41) is 3.82. The number of carbonyl (C=O) groups excluding carboxylic acids is 1. The van der Waals surface area contributed by atoms with Crippen molar-refractivity contribution < 1.29 is 4.79 Å². The maximum Gasteiger partial charge on any atom is 0.230 e. The number of carbonyl (C=O) groups is 1. The number of hydrogen-bond donors (Lipinski definition) is 1. The number of imidazole rings is 1. The molecule has 0 aliphatic rings. The number of nitrogens with zero attached hydrogens (tertiary/aromatic N) is 2. The Kier molecular flexibility index (Phi) is 6.80. The van der Waals surface area contributed by atoms with Gasteiger partial charge >= 0.3 is 0 Å². The highest BCUT2D eigenvalue weighted by atomic mass is 32.2. The number of allylic oxidation sites excluding steroid dienone is 1. The van der Waals surface area contributed by atoms with Crippen molar-refractivity contribution in [2.24, 2.45) is 0 Å². The first-order chi connectivity index (χ1) is 12.8. The zero-order valence-electron chi connectivity index (χ0n) is 14.4. The highest BCUT2D eigenvalue weighted by Gasteiger charge is 2.11. The smallest absolute Gasteiger partial charge is 0.230 e. The molecule has 26 heavy (non-hydrogen) atoms. The largest absolute Gasteiger partial charge is 0.355 e. The number of aromatic nitrogens is 2. The van der Waals surface area contributed by atoms with E-state index < -0.39 is 0 Å². The minimum atomic E-state index is 0.0286. The molecule has 2 aromatic carbocycles. The van der Waals surface area contributed by atoms with Crippen molar-refractivity contribution in [2.75, 3.05) is 18.1 Å². The molecule has 0 unspecified atom stereocenters. The molecule has 3 aromatic rings. The highest BCUT2D eigenvalue weighted by Crippen LogP contribution is 2.24. The van der Waals surface area contributed by atoms with Crippen LogP contribution in [0, 0.1) is 0 Å². The van der Waals surface area contributed by atoms with Crippen LogP contribution in [-0.2, 0) is 11.3 Å². The lowest BCUT2D eigenvalue weighted by Crippen LogP contribution is -2.27. The summed E-state index contributed by atoms with van der Waals surface area (Å²) in [6, 6.07) is 18.2. The van der Waals surface area contributed by atoms with Crippen molar-refractivity contribution in [1.29, 1.82) is 0 Å². The number of benzene rings is 2. The molecule has 0 saturated carbocycles. The van der Waals surface area contributed by atoms with Gasteiger partial charge in [-0.3, -0.25) is 4.79 Å². The first-order valence-electron chi connectivity index (χ1n) is 8.41. The molecule has 1 N–H and O–H groups in total. The van der Waals surface area contributed by atoms with E-state index >= 15 is 0 Å². The molecule has 134 valence electrons. The van der Waals surface area contributed by atoms with Crippen LogP contribution >= 0.6 is 23.5 Å². The summed E-state index contributed by atoms with van der Waals surface area (Å²) in [4.78, 5) is 18.0. The molecule has 3 rings (SSSR count). The van der Waals surface area contributed by atoms with Gasteiger partial charge in [0.2, 0.25) is 5.91 Å². The lowest BCUT2D eigenvalue weighted by molar-refractivity contribution is -0.118. The SMILES string of the molecule is C=CCn1c(SCC(=O)NCCSc2ccccc2)nc2ccccc21. The molecule has 0 fully saturated rings. The first-order valence-corrected chi connectivity index (χ1v) is 10.4. The number of thioether (sulfide) groups is 2. The lowest BCUT2D eigenvalue weighted by Gasteiger charge is -2.07. The zero-order chi connectivity index (χ0) is 18.2. The van der Waals surface area contributed by atoms with Crippen LogP contribution < -0.4 is 5.32 Å². The van der Waals surface area contributed by atoms with E-state index in [-0.39, 0.29) is 5.91 Å². The third-order valence-corrected chi connectivity index (χ3v) is 5.69. The van der Waals surface area contributed by atoms with Gasteiger partial charge in [0.15, 0.2) is 5.16 Å². The number of para-hydroxylation sites is 2. The number of amides is 1. The Balaban J connectivity index is 1.49. The van der Waals surface area contributed by atoms with Gasteiger partial charge < -0.3 is 9.88 Å². The van der Waals surface area contributed by atoms with Gasteiger partial charge in [-0.25, -0.2) is 4.98 Å². The molecule has 0 bridgehead atoms. The third-order valence-electron chi connectivity index (χ3n) is 3.70. The second-order valence-corrected chi connectivity index (χ2v) is 7.69. The summed E-state index contributed by atoms with van der Waals surface area (Å²) < 4.78 is 2.09. The van der Waals surface area contributed by atoms with E-state index in [0.717, 1.165) is 21.9 Å². The van der Waals surface area contributed by atoms with Crippen LogP contribution in [0.2, 0.25) is 0 Å². The molecule has 0 aliphatic carbocycles. The number of hydrogen-bond acceptors (Lipinski definition) is 4. The van der Waals surface area contributed by atoms with E-state index in [9.17, 15) is 4.79 Å². The second kappa shape index (κ2) is 9.50. The fraction of sp³-hybridized carbons (Fsp3) is 0.200. The fourth-order valence-corrected chi connectivity index (χ4v) is 4.17. The summed E-state index contributed by atoms with van der Waals surface area (Å²) >= 11 is 3.20. The van der Waals surface area contributed by atoms with Gasteiger partial charge in [0.1, 0.15) is 0 Å². The molecular weight excluding hydrogens is 362 g/mol. The molecule has 0 spiro atoms. The van der Waals surface area contributed by atoms with Crippen molar-refractivity contribution in [2.45, 2.75) is 16.6 Å². The quantitative estimate of drug-likeness (QED) is 0.341. The molecule has 0 aliphatic heterocycles. The predicted molar refractivity (Wildman–Crippen MR) is 111 cm³/mol. The number of fused-ring (bicyclic) bond motifs is 1. The van der Waals surface area contributed by atoms with E-state index in [1.165, 1.54) is 16.7 Å². The van der Waals surface area contributed by atoms with Crippen LogP contribution in [-0.4, -0.2) is 33.5 Å².